The first-order chi connectivity index (χ1) is 19.2. The van der Waals surface area contributed by atoms with E-state index in [4.69, 9.17) is 18.6 Å². The summed E-state index contributed by atoms with van der Waals surface area (Å²) in [6.07, 6.45) is 8.28. The van der Waals surface area contributed by atoms with Crippen molar-refractivity contribution in [1.82, 2.24) is 4.90 Å². The summed E-state index contributed by atoms with van der Waals surface area (Å²) >= 11 is 0. The molecule has 9 heteroatoms. The van der Waals surface area contributed by atoms with Crippen LogP contribution in [0.25, 0.3) is 0 Å². The minimum absolute atomic E-state index is 0.0705. The van der Waals surface area contributed by atoms with E-state index in [-0.39, 0.29) is 29.2 Å². The zero-order valence-corrected chi connectivity index (χ0v) is 26.6. The molecule has 0 unspecified atom stereocenters. The van der Waals surface area contributed by atoms with Gasteiger partial charge in [0, 0.05) is 43.7 Å². The molecule has 6 heterocycles. The number of piperidine rings is 2. The predicted octanol–water partition coefficient (Wildman–Crippen LogP) is 4.00. The lowest BCUT2D eigenvalue weighted by Crippen LogP contribution is -2.79. The van der Waals surface area contributed by atoms with Crippen molar-refractivity contribution in [2.45, 2.75) is 119 Å². The standard InChI is InChI=1S/C32H46N2O6Si/c1-18-8-9-21-28(3,40-41(5,6)7)31-13-12-30(39-31)22(23(31)26(36)34(21)17-18)25(35)32-24(30)19(16-33)14-20-15-29(37-4,38-32)11-10-27(20,32)2/h12-13,18-25,35H,8-11,14-15,17H2,1-7H3/t18-,19+,20+,21-,22+,23+,24+,25-,27-,28+,29+,30+,31-,32-/m0/s1. The molecule has 14 atom stereocenters. The van der Waals surface area contributed by atoms with E-state index in [2.05, 4.69) is 63.5 Å². The Morgan fingerprint density at radius 2 is 1.93 bits per heavy atom. The lowest BCUT2D eigenvalue weighted by molar-refractivity contribution is -0.428. The van der Waals surface area contributed by atoms with Crippen LogP contribution in [0.5, 0.6) is 0 Å². The Morgan fingerprint density at radius 1 is 1.17 bits per heavy atom. The van der Waals surface area contributed by atoms with Crippen LogP contribution in [0.15, 0.2) is 12.2 Å². The molecule has 0 radical (unpaired) electrons. The maximum atomic E-state index is 14.8. The number of carbonyl (C=O) groups excluding carboxylic acids is 1. The minimum atomic E-state index is -2.11. The highest BCUT2D eigenvalue weighted by atomic mass is 28.4. The highest BCUT2D eigenvalue weighted by Crippen LogP contribution is 2.80. The number of amides is 1. The van der Waals surface area contributed by atoms with Crippen LogP contribution >= 0.6 is 0 Å². The van der Waals surface area contributed by atoms with Gasteiger partial charge in [0.25, 0.3) is 0 Å². The van der Waals surface area contributed by atoms with Crippen molar-refractivity contribution in [3.63, 3.8) is 0 Å². The fourth-order valence-electron chi connectivity index (χ4n) is 12.1. The number of methoxy groups -OCH3 is 1. The van der Waals surface area contributed by atoms with Gasteiger partial charge in [0.1, 0.15) is 22.4 Å². The molecule has 6 bridgehead atoms. The van der Waals surface area contributed by atoms with Gasteiger partial charge in [-0.3, -0.25) is 4.79 Å². The van der Waals surface area contributed by atoms with Crippen LogP contribution in [0, 0.1) is 52.3 Å². The second-order valence-corrected chi connectivity index (χ2v) is 20.7. The van der Waals surface area contributed by atoms with Crippen LogP contribution in [0.1, 0.15) is 59.3 Å². The topological polar surface area (TPSA) is 101 Å². The zero-order valence-electron chi connectivity index (χ0n) is 25.6. The number of aliphatic hydroxyl groups is 1. The van der Waals surface area contributed by atoms with Crippen LogP contribution in [0.3, 0.4) is 0 Å². The molecule has 41 heavy (non-hydrogen) atoms. The third-order valence-corrected chi connectivity index (χ3v) is 14.5. The third kappa shape index (κ3) is 2.75. The molecule has 9 aliphatic rings. The molecule has 3 aliphatic carbocycles. The summed E-state index contributed by atoms with van der Waals surface area (Å²) < 4.78 is 27.9. The number of hydrogen-bond acceptors (Lipinski definition) is 7. The number of aliphatic hydroxyl groups excluding tert-OH is 1. The first-order valence-electron chi connectivity index (χ1n) is 15.9. The number of nitrogens with zero attached hydrogens (tertiary/aromatic N) is 2. The highest BCUT2D eigenvalue weighted by molar-refractivity contribution is 6.69. The van der Waals surface area contributed by atoms with Gasteiger partial charge in [0.15, 0.2) is 14.1 Å². The van der Waals surface area contributed by atoms with Crippen LogP contribution < -0.4 is 0 Å². The van der Waals surface area contributed by atoms with E-state index in [1.165, 1.54) is 0 Å². The van der Waals surface area contributed by atoms with E-state index in [1.54, 1.807) is 7.11 Å². The maximum absolute atomic E-state index is 14.8. The number of rotatable bonds is 3. The fourth-order valence-corrected chi connectivity index (χ4v) is 13.7. The summed E-state index contributed by atoms with van der Waals surface area (Å²) in [6.45, 7) is 13.9. The van der Waals surface area contributed by atoms with Crippen LogP contribution in [-0.2, 0) is 23.4 Å². The summed E-state index contributed by atoms with van der Waals surface area (Å²) in [5, 5.41) is 23.5. The minimum Gasteiger partial charge on any atom is -0.407 e. The van der Waals surface area contributed by atoms with Gasteiger partial charge < -0.3 is 28.6 Å². The molecule has 1 amide bonds. The van der Waals surface area contributed by atoms with Crippen LogP contribution in [-0.4, -0.2) is 78.2 Å². The Morgan fingerprint density at radius 3 is 2.61 bits per heavy atom. The lowest BCUT2D eigenvalue weighted by Gasteiger charge is -2.71. The Hall–Kier alpha value is -1.28. The number of nitriles is 1. The van der Waals surface area contributed by atoms with Gasteiger partial charge in [-0.15, -0.1) is 0 Å². The molecule has 0 aromatic heterocycles. The van der Waals surface area contributed by atoms with Crippen molar-refractivity contribution >= 4 is 14.2 Å². The quantitative estimate of drug-likeness (QED) is 0.397. The third-order valence-electron chi connectivity index (χ3n) is 13.5. The van der Waals surface area contributed by atoms with Gasteiger partial charge in [0.05, 0.1) is 30.1 Å². The Balaban J connectivity index is 1.34. The molecule has 3 spiro atoms. The number of hydrogen-bond donors (Lipinski definition) is 1. The number of fused-ring (bicyclic) bond motifs is 3. The van der Waals surface area contributed by atoms with Crippen molar-refractivity contribution < 1.29 is 28.5 Å². The molecule has 8 nitrogen and oxygen atoms in total. The SMILES string of the molecule is CO[C@]12CC[C@@]3(C)[C@H](C[C@H](C#N)[C@@H]4[C@]56C=C[C@]7(O5)[C@@H](C(=O)N5C[C@@H](C)CC[C@H]5[C@@]7(C)O[Si](C)(C)C)[C@@H]6[C@H](O)[C@@]43O1)C2. The molecular formula is C32H46N2O6Si. The molecule has 0 aromatic carbocycles. The maximum Gasteiger partial charge on any atom is 0.229 e. The van der Waals surface area contributed by atoms with Gasteiger partial charge in [-0.1, -0.05) is 26.0 Å². The average molecular weight is 583 g/mol. The van der Waals surface area contributed by atoms with Crippen molar-refractivity contribution in [1.29, 1.82) is 5.26 Å². The molecule has 6 aliphatic heterocycles. The fraction of sp³-hybridized carbons (Fsp3) is 0.875. The molecule has 3 saturated carbocycles. The van der Waals surface area contributed by atoms with Gasteiger partial charge in [-0.05, 0) is 64.1 Å². The highest BCUT2D eigenvalue weighted by Gasteiger charge is 2.90. The molecule has 5 saturated heterocycles. The Bertz CT molecular complexity index is 1300. The number of carbonyl (C=O) groups is 1. The Kier molecular flexibility index (Phi) is 5.11. The molecule has 8 fully saturated rings. The Labute approximate surface area is 244 Å². The van der Waals surface area contributed by atoms with Gasteiger partial charge in [-0.25, -0.2) is 0 Å². The summed E-state index contributed by atoms with van der Waals surface area (Å²) in [5.74, 6) is -2.00. The van der Waals surface area contributed by atoms with Crippen molar-refractivity contribution in [3.05, 3.63) is 12.2 Å². The smallest absolute Gasteiger partial charge is 0.229 e. The molecule has 224 valence electrons. The van der Waals surface area contributed by atoms with E-state index in [1.807, 2.05) is 0 Å². The van der Waals surface area contributed by atoms with E-state index >= 15 is 0 Å². The van der Waals surface area contributed by atoms with Crippen molar-refractivity contribution in [3.8, 4) is 6.07 Å². The second kappa shape index (κ2) is 7.67. The van der Waals surface area contributed by atoms with Crippen molar-refractivity contribution in [2.75, 3.05) is 13.7 Å². The van der Waals surface area contributed by atoms with Gasteiger partial charge in [0.2, 0.25) is 5.91 Å². The lowest BCUT2D eigenvalue weighted by atomic mass is 9.44. The number of ether oxygens (including phenoxy) is 3. The van der Waals surface area contributed by atoms with Crippen molar-refractivity contribution in [2.24, 2.45) is 40.9 Å². The van der Waals surface area contributed by atoms with Crippen LogP contribution in [0.4, 0.5) is 0 Å². The second-order valence-electron chi connectivity index (χ2n) is 16.3. The van der Waals surface area contributed by atoms with Gasteiger partial charge >= 0.3 is 0 Å². The van der Waals surface area contributed by atoms with E-state index in [0.717, 1.165) is 38.5 Å². The zero-order chi connectivity index (χ0) is 29.2. The summed E-state index contributed by atoms with van der Waals surface area (Å²) in [4.78, 5) is 16.9. The first-order valence-corrected chi connectivity index (χ1v) is 19.3. The largest absolute Gasteiger partial charge is 0.407 e. The van der Waals surface area contributed by atoms with E-state index in [0.29, 0.717) is 12.5 Å². The first kappa shape index (κ1) is 27.3. The van der Waals surface area contributed by atoms with Gasteiger partial charge in [-0.2, -0.15) is 5.26 Å². The normalized spacial score (nSPS) is 59.5. The summed E-state index contributed by atoms with van der Waals surface area (Å²) in [5.41, 5.74) is -4.12. The monoisotopic (exact) mass is 582 g/mol. The molecular weight excluding hydrogens is 536 g/mol. The van der Waals surface area contributed by atoms with E-state index < -0.39 is 60.4 Å². The van der Waals surface area contributed by atoms with E-state index in [9.17, 15) is 15.2 Å². The predicted molar refractivity (Wildman–Crippen MR) is 152 cm³/mol. The average Bonchev–Trinajstić information content (AvgIpc) is 3.50. The molecule has 0 aromatic rings. The summed E-state index contributed by atoms with van der Waals surface area (Å²) in [6, 6.07) is 2.56. The summed E-state index contributed by atoms with van der Waals surface area (Å²) in [7, 11) is -0.410. The molecule has 9 rings (SSSR count). The molecule has 1 N–H and O–H groups in total. The van der Waals surface area contributed by atoms with Crippen LogP contribution in [0.2, 0.25) is 19.6 Å².